The summed E-state index contributed by atoms with van der Waals surface area (Å²) < 4.78 is 33.3. The monoisotopic (exact) mass is 1330 g/mol. The van der Waals surface area contributed by atoms with E-state index in [0.29, 0.717) is 6.42 Å². The minimum Gasteiger partial charge on any atom is -0.462 e. The second-order valence-corrected chi connectivity index (χ2v) is 29.8. The quantitative estimate of drug-likeness (QED) is 0.0264. The summed E-state index contributed by atoms with van der Waals surface area (Å²) in [4.78, 5) is 35.5. The van der Waals surface area contributed by atoms with Crippen molar-refractivity contribution in [2.45, 2.75) is 457 Å². The number of nitrogens with two attached hydrogens (primary N) is 1. The molecule has 0 heterocycles. The van der Waals surface area contributed by atoms with Gasteiger partial charge in [-0.2, -0.15) is 0 Å². The number of phosphoric ester groups is 1. The van der Waals surface area contributed by atoms with E-state index < -0.39 is 26.5 Å². The molecule has 0 aromatic rings. The fourth-order valence-electron chi connectivity index (χ4n) is 12.8. The Morgan fingerprint density at radius 3 is 0.828 bits per heavy atom. The van der Waals surface area contributed by atoms with E-state index in [1.54, 1.807) is 0 Å². The number of rotatable bonds is 80. The number of carbonyl (C=O) groups is 2. The maximum Gasteiger partial charge on any atom is 0.472 e. The number of carbonyl (C=O) groups excluding carboxylic acids is 2. The summed E-state index contributed by atoms with van der Waals surface area (Å²) >= 11 is 0. The first-order valence-electron chi connectivity index (χ1n) is 41.5. The highest BCUT2D eigenvalue weighted by Gasteiger charge is 2.26. The van der Waals surface area contributed by atoms with Gasteiger partial charge in [0, 0.05) is 19.4 Å². The Balaban J connectivity index is 3.72. The third kappa shape index (κ3) is 79.1. The van der Waals surface area contributed by atoms with Gasteiger partial charge in [0.05, 0.1) is 13.2 Å². The van der Waals surface area contributed by atoms with Crippen LogP contribution in [-0.4, -0.2) is 49.3 Å². The van der Waals surface area contributed by atoms with E-state index >= 15 is 0 Å². The molecule has 550 valence electrons. The van der Waals surface area contributed by atoms with Gasteiger partial charge in [0.25, 0.3) is 0 Å². The van der Waals surface area contributed by atoms with E-state index in [4.69, 9.17) is 24.3 Å². The standard InChI is InChI=1S/C83H160NO8P/c1-3-5-7-9-11-13-15-17-19-21-23-25-27-29-31-33-35-37-38-39-40-41-42-44-45-47-49-51-53-55-57-59-61-63-65-67-69-71-73-75-82(85)89-79-81(80-91-93(87,88)90-78-77-84)92-83(86)76-74-72-70-68-66-64-62-60-58-56-54-52-50-48-46-43-36-34-32-30-28-26-24-22-20-18-16-14-12-10-8-6-4-2/h16,18,21-24,81H,3-15,17,19-20,25-80,84H2,1-2H3,(H,87,88)/b18-16-,23-21-,24-22-. The van der Waals surface area contributed by atoms with E-state index in [1.807, 2.05) is 0 Å². The van der Waals surface area contributed by atoms with Gasteiger partial charge in [0.2, 0.25) is 0 Å². The van der Waals surface area contributed by atoms with Crippen molar-refractivity contribution in [3.63, 3.8) is 0 Å². The molecule has 0 aromatic heterocycles. The van der Waals surface area contributed by atoms with Crippen LogP contribution in [0.4, 0.5) is 0 Å². The molecule has 0 spiro atoms. The van der Waals surface area contributed by atoms with Crippen molar-refractivity contribution in [1.29, 1.82) is 0 Å². The third-order valence-corrected chi connectivity index (χ3v) is 20.0. The Bertz CT molecular complexity index is 1620. The Labute approximate surface area is 579 Å². The summed E-state index contributed by atoms with van der Waals surface area (Å²) in [5, 5.41) is 0. The number of esters is 2. The molecular weight excluding hydrogens is 1170 g/mol. The Morgan fingerprint density at radius 2 is 0.559 bits per heavy atom. The second kappa shape index (κ2) is 79.2. The highest BCUT2D eigenvalue weighted by atomic mass is 31.2. The maximum absolute atomic E-state index is 12.8. The van der Waals surface area contributed by atoms with Gasteiger partial charge in [-0.15, -0.1) is 0 Å². The second-order valence-electron chi connectivity index (χ2n) is 28.3. The lowest BCUT2D eigenvalue weighted by atomic mass is 10.0. The van der Waals surface area contributed by atoms with Crippen LogP contribution in [-0.2, 0) is 32.7 Å². The molecule has 3 N–H and O–H groups in total. The maximum atomic E-state index is 12.8. The minimum atomic E-state index is -4.39. The zero-order valence-electron chi connectivity index (χ0n) is 62.3. The zero-order chi connectivity index (χ0) is 67.2. The molecule has 0 bridgehead atoms. The van der Waals surface area contributed by atoms with Crippen LogP contribution in [0.15, 0.2) is 36.5 Å². The number of ether oxygens (including phenoxy) is 2. The van der Waals surface area contributed by atoms with E-state index in [1.165, 1.54) is 379 Å². The van der Waals surface area contributed by atoms with E-state index in [9.17, 15) is 19.0 Å². The van der Waals surface area contributed by atoms with Crippen molar-refractivity contribution in [3.05, 3.63) is 36.5 Å². The normalized spacial score (nSPS) is 12.9. The SMILES string of the molecule is CCCCCCC/C=C\C/C=C\CCCCCCCCCCCCCCCCCCCCCCCC(=O)OC(COC(=O)CCCCCCCCCCCCCCCCCCCCCCCCCCCCC/C=C\CCCCCCCCCC)COP(=O)(O)OCCN. The summed E-state index contributed by atoms with van der Waals surface area (Å²) in [6, 6.07) is 0. The molecule has 0 aromatic carbocycles. The Hall–Kier alpha value is -1.77. The third-order valence-electron chi connectivity index (χ3n) is 19.0. The van der Waals surface area contributed by atoms with E-state index in [-0.39, 0.29) is 38.6 Å². The molecule has 0 aliphatic rings. The fourth-order valence-corrected chi connectivity index (χ4v) is 13.6. The first kappa shape index (κ1) is 91.2. The van der Waals surface area contributed by atoms with Crippen LogP contribution in [0.2, 0.25) is 0 Å². The number of phosphoric acid groups is 1. The first-order chi connectivity index (χ1) is 45.8. The summed E-state index contributed by atoms with van der Waals surface area (Å²) in [6.07, 6.45) is 102. The molecule has 0 saturated heterocycles. The molecule has 0 rings (SSSR count). The summed E-state index contributed by atoms with van der Waals surface area (Å²) in [5.41, 5.74) is 5.42. The molecule has 0 saturated carbocycles. The smallest absolute Gasteiger partial charge is 0.462 e. The van der Waals surface area contributed by atoms with Crippen molar-refractivity contribution in [1.82, 2.24) is 0 Å². The van der Waals surface area contributed by atoms with Crippen LogP contribution in [0.25, 0.3) is 0 Å². The topological polar surface area (TPSA) is 134 Å². The van der Waals surface area contributed by atoms with Gasteiger partial charge >= 0.3 is 19.8 Å². The van der Waals surface area contributed by atoms with Crippen LogP contribution in [0.3, 0.4) is 0 Å². The summed E-state index contributed by atoms with van der Waals surface area (Å²) in [6.45, 7) is 3.82. The highest BCUT2D eigenvalue weighted by Crippen LogP contribution is 2.43. The molecule has 2 atom stereocenters. The van der Waals surface area contributed by atoms with Crippen LogP contribution in [0, 0.1) is 0 Å². The first-order valence-corrected chi connectivity index (χ1v) is 43.0. The lowest BCUT2D eigenvalue weighted by Crippen LogP contribution is -2.29. The van der Waals surface area contributed by atoms with Crippen LogP contribution in [0.5, 0.6) is 0 Å². The molecule has 0 radical (unpaired) electrons. The van der Waals surface area contributed by atoms with Gasteiger partial charge < -0.3 is 20.1 Å². The fraction of sp³-hybridized carbons (Fsp3) is 0.904. The molecule has 0 amide bonds. The average Bonchev–Trinajstić information content (AvgIpc) is 3.32. The summed E-state index contributed by atoms with van der Waals surface area (Å²) in [5.74, 6) is -0.799. The van der Waals surface area contributed by atoms with Crippen molar-refractivity contribution in [2.75, 3.05) is 26.4 Å². The number of hydrogen-bond acceptors (Lipinski definition) is 8. The average molecular weight is 1330 g/mol. The lowest BCUT2D eigenvalue weighted by molar-refractivity contribution is -0.161. The molecule has 93 heavy (non-hydrogen) atoms. The predicted octanol–water partition coefficient (Wildman–Crippen LogP) is 27.8. The van der Waals surface area contributed by atoms with Crippen molar-refractivity contribution >= 4 is 19.8 Å². The van der Waals surface area contributed by atoms with Crippen LogP contribution in [0.1, 0.15) is 450 Å². The van der Waals surface area contributed by atoms with Gasteiger partial charge in [-0.25, -0.2) is 4.57 Å². The van der Waals surface area contributed by atoms with Crippen molar-refractivity contribution < 1.29 is 37.6 Å². The van der Waals surface area contributed by atoms with E-state index in [0.717, 1.165) is 38.5 Å². The van der Waals surface area contributed by atoms with Crippen molar-refractivity contribution in [2.24, 2.45) is 5.73 Å². The van der Waals surface area contributed by atoms with Crippen molar-refractivity contribution in [3.8, 4) is 0 Å². The van der Waals surface area contributed by atoms with Crippen LogP contribution >= 0.6 is 7.82 Å². The lowest BCUT2D eigenvalue weighted by Gasteiger charge is -2.19. The van der Waals surface area contributed by atoms with Gasteiger partial charge in [-0.05, 0) is 70.6 Å². The Kier molecular flexibility index (Phi) is 77.7. The van der Waals surface area contributed by atoms with Gasteiger partial charge in [0.1, 0.15) is 6.61 Å². The van der Waals surface area contributed by atoms with Gasteiger partial charge in [0.15, 0.2) is 6.10 Å². The molecule has 0 aliphatic carbocycles. The molecule has 9 nitrogen and oxygen atoms in total. The predicted molar refractivity (Wildman–Crippen MR) is 404 cm³/mol. The van der Waals surface area contributed by atoms with Crippen LogP contribution < -0.4 is 5.73 Å². The molecule has 10 heteroatoms. The van der Waals surface area contributed by atoms with E-state index in [2.05, 4.69) is 50.3 Å². The molecular formula is C83H160NO8P. The highest BCUT2D eigenvalue weighted by molar-refractivity contribution is 7.47. The minimum absolute atomic E-state index is 0.0568. The number of allylic oxidation sites excluding steroid dienone is 6. The van der Waals surface area contributed by atoms with Gasteiger partial charge in [-0.3, -0.25) is 18.6 Å². The Morgan fingerprint density at radius 1 is 0.323 bits per heavy atom. The largest absolute Gasteiger partial charge is 0.472 e. The molecule has 0 fully saturated rings. The zero-order valence-corrected chi connectivity index (χ0v) is 63.2. The van der Waals surface area contributed by atoms with Gasteiger partial charge in [-0.1, -0.05) is 403 Å². The number of unbranched alkanes of at least 4 members (excludes halogenated alkanes) is 61. The molecule has 0 aliphatic heterocycles. The summed E-state index contributed by atoms with van der Waals surface area (Å²) in [7, 11) is -4.39. The number of hydrogen-bond donors (Lipinski definition) is 2. The molecule has 2 unspecified atom stereocenters.